The highest BCUT2D eigenvalue weighted by molar-refractivity contribution is 5.93. The second-order valence-corrected chi connectivity index (χ2v) is 4.42. The minimum Gasteiger partial charge on any atom is -0.494 e. The Balaban J connectivity index is 3.27. The quantitative estimate of drug-likeness (QED) is 0.682. The number of methoxy groups -OCH3 is 1. The third-order valence-electron chi connectivity index (χ3n) is 2.94. The highest BCUT2D eigenvalue weighted by atomic mass is 16.5. The summed E-state index contributed by atoms with van der Waals surface area (Å²) >= 11 is 0. The van der Waals surface area contributed by atoms with Gasteiger partial charge in [-0.2, -0.15) is 0 Å². The molecule has 1 aromatic carbocycles. The molecule has 0 aromatic heterocycles. The molecule has 0 atom stereocenters. The molecule has 0 heterocycles. The first kappa shape index (κ1) is 16.3. The van der Waals surface area contributed by atoms with Crippen LogP contribution in [0.1, 0.15) is 49.5 Å². The second kappa shape index (κ2) is 8.46. The summed E-state index contributed by atoms with van der Waals surface area (Å²) in [6, 6.07) is 3.65. The Labute approximate surface area is 121 Å². The summed E-state index contributed by atoms with van der Waals surface area (Å²) in [4.78, 5) is 11.9. The van der Waals surface area contributed by atoms with E-state index in [1.165, 1.54) is 7.11 Å². The van der Waals surface area contributed by atoms with Crippen molar-refractivity contribution >= 4 is 5.97 Å². The summed E-state index contributed by atoms with van der Waals surface area (Å²) in [6.45, 7) is 7.02. The average Bonchev–Trinajstić information content (AvgIpc) is 2.46. The highest BCUT2D eigenvalue weighted by Gasteiger charge is 2.19. The fraction of sp³-hybridized carbons (Fsp3) is 0.562. The Morgan fingerprint density at radius 2 is 1.80 bits per heavy atom. The standard InChI is InChI=1S/C16H24O4/c1-5-8-9-12-10-13(19-6-2)11-14(16(17)18-4)15(12)20-7-3/h10-11H,5-9H2,1-4H3. The van der Waals surface area contributed by atoms with Crippen LogP contribution in [0.15, 0.2) is 12.1 Å². The molecule has 0 radical (unpaired) electrons. The number of hydrogen-bond acceptors (Lipinski definition) is 4. The van der Waals surface area contributed by atoms with Gasteiger partial charge >= 0.3 is 5.97 Å². The molecule has 0 bridgehead atoms. The van der Waals surface area contributed by atoms with Crippen molar-refractivity contribution in [3.63, 3.8) is 0 Å². The Bertz CT molecular complexity index is 440. The molecular formula is C16H24O4. The van der Waals surface area contributed by atoms with Crippen molar-refractivity contribution in [3.8, 4) is 11.5 Å². The molecule has 4 heteroatoms. The summed E-state index contributed by atoms with van der Waals surface area (Å²) in [5.41, 5.74) is 1.44. The Morgan fingerprint density at radius 3 is 2.35 bits per heavy atom. The van der Waals surface area contributed by atoms with Gasteiger partial charge < -0.3 is 14.2 Å². The lowest BCUT2D eigenvalue weighted by Gasteiger charge is -2.16. The van der Waals surface area contributed by atoms with Gasteiger partial charge in [0.15, 0.2) is 0 Å². The Kier molecular flexibility index (Phi) is 6.91. The molecule has 0 saturated heterocycles. The summed E-state index contributed by atoms with van der Waals surface area (Å²) in [7, 11) is 1.37. The molecule has 112 valence electrons. The Hall–Kier alpha value is -1.71. The van der Waals surface area contributed by atoms with Gasteiger partial charge in [-0.15, -0.1) is 0 Å². The van der Waals surface area contributed by atoms with Crippen LogP contribution in [0, 0.1) is 0 Å². The zero-order valence-electron chi connectivity index (χ0n) is 12.8. The van der Waals surface area contributed by atoms with E-state index in [9.17, 15) is 4.79 Å². The van der Waals surface area contributed by atoms with Gasteiger partial charge in [0, 0.05) is 0 Å². The van der Waals surface area contributed by atoms with Crippen LogP contribution in [0.4, 0.5) is 0 Å². The monoisotopic (exact) mass is 280 g/mol. The Morgan fingerprint density at radius 1 is 1.10 bits per heavy atom. The summed E-state index contributed by atoms with van der Waals surface area (Å²) in [6.07, 6.45) is 2.98. The van der Waals surface area contributed by atoms with Crippen molar-refractivity contribution in [2.45, 2.75) is 40.0 Å². The van der Waals surface area contributed by atoms with Crippen molar-refractivity contribution in [1.82, 2.24) is 0 Å². The predicted octanol–water partition coefficient (Wildman–Crippen LogP) is 3.61. The van der Waals surface area contributed by atoms with E-state index in [1.807, 2.05) is 19.9 Å². The fourth-order valence-electron chi connectivity index (χ4n) is 2.04. The second-order valence-electron chi connectivity index (χ2n) is 4.42. The predicted molar refractivity (Wildman–Crippen MR) is 78.7 cm³/mol. The molecule has 0 aliphatic carbocycles. The van der Waals surface area contributed by atoms with E-state index >= 15 is 0 Å². The average molecular weight is 280 g/mol. The summed E-state index contributed by atoms with van der Waals surface area (Å²) in [5, 5.41) is 0. The first-order valence-corrected chi connectivity index (χ1v) is 7.18. The topological polar surface area (TPSA) is 44.8 Å². The van der Waals surface area contributed by atoms with Gasteiger partial charge in [0.2, 0.25) is 0 Å². The van der Waals surface area contributed by atoms with Crippen molar-refractivity contribution in [3.05, 3.63) is 23.3 Å². The largest absolute Gasteiger partial charge is 0.494 e. The van der Waals surface area contributed by atoms with Crippen molar-refractivity contribution in [2.24, 2.45) is 0 Å². The first-order chi connectivity index (χ1) is 9.67. The van der Waals surface area contributed by atoms with Crippen LogP contribution in [0.3, 0.4) is 0 Å². The maximum absolute atomic E-state index is 11.9. The molecule has 0 fully saturated rings. The molecule has 0 aliphatic heterocycles. The lowest BCUT2D eigenvalue weighted by molar-refractivity contribution is 0.0595. The lowest BCUT2D eigenvalue weighted by atomic mass is 10.0. The van der Waals surface area contributed by atoms with E-state index in [0.717, 1.165) is 24.8 Å². The number of carbonyl (C=O) groups is 1. The molecule has 0 aliphatic rings. The highest BCUT2D eigenvalue weighted by Crippen LogP contribution is 2.31. The van der Waals surface area contributed by atoms with Crippen LogP contribution in [-0.2, 0) is 11.2 Å². The number of hydrogen-bond donors (Lipinski definition) is 0. The van der Waals surface area contributed by atoms with E-state index in [-0.39, 0.29) is 0 Å². The van der Waals surface area contributed by atoms with Crippen LogP contribution < -0.4 is 9.47 Å². The first-order valence-electron chi connectivity index (χ1n) is 7.18. The number of esters is 1. The summed E-state index contributed by atoms with van der Waals surface area (Å²) in [5.74, 6) is 0.909. The normalized spacial score (nSPS) is 10.2. The van der Waals surface area contributed by atoms with Gasteiger partial charge in [-0.05, 0) is 44.4 Å². The number of aryl methyl sites for hydroxylation is 1. The van der Waals surface area contributed by atoms with Gasteiger partial charge in [-0.25, -0.2) is 4.79 Å². The van der Waals surface area contributed by atoms with Crippen molar-refractivity contribution in [2.75, 3.05) is 20.3 Å². The smallest absolute Gasteiger partial charge is 0.341 e. The van der Waals surface area contributed by atoms with Crippen LogP contribution in [0.5, 0.6) is 11.5 Å². The SMILES string of the molecule is CCCCc1cc(OCC)cc(C(=O)OC)c1OCC. The fourth-order valence-corrected chi connectivity index (χ4v) is 2.04. The van der Waals surface area contributed by atoms with Crippen LogP contribution in [-0.4, -0.2) is 26.3 Å². The van der Waals surface area contributed by atoms with E-state index in [1.54, 1.807) is 6.07 Å². The van der Waals surface area contributed by atoms with E-state index in [4.69, 9.17) is 14.2 Å². The van der Waals surface area contributed by atoms with Crippen LogP contribution in [0.25, 0.3) is 0 Å². The van der Waals surface area contributed by atoms with Gasteiger partial charge in [0.25, 0.3) is 0 Å². The maximum atomic E-state index is 11.9. The molecule has 1 aromatic rings. The van der Waals surface area contributed by atoms with Crippen molar-refractivity contribution in [1.29, 1.82) is 0 Å². The molecule has 0 spiro atoms. The molecule has 0 amide bonds. The van der Waals surface area contributed by atoms with Crippen LogP contribution in [0.2, 0.25) is 0 Å². The van der Waals surface area contributed by atoms with Crippen molar-refractivity contribution < 1.29 is 19.0 Å². The minimum absolute atomic E-state index is 0.396. The minimum atomic E-state index is -0.396. The number of ether oxygens (including phenoxy) is 3. The molecule has 20 heavy (non-hydrogen) atoms. The number of rotatable bonds is 8. The zero-order chi connectivity index (χ0) is 15.0. The van der Waals surface area contributed by atoms with Gasteiger partial charge in [-0.3, -0.25) is 0 Å². The van der Waals surface area contributed by atoms with E-state index in [2.05, 4.69) is 6.92 Å². The van der Waals surface area contributed by atoms with Gasteiger partial charge in [0.1, 0.15) is 17.1 Å². The number of carbonyl (C=O) groups excluding carboxylic acids is 1. The third kappa shape index (κ3) is 4.15. The maximum Gasteiger partial charge on any atom is 0.341 e. The lowest BCUT2D eigenvalue weighted by Crippen LogP contribution is -2.09. The van der Waals surface area contributed by atoms with Crippen LogP contribution >= 0.6 is 0 Å². The van der Waals surface area contributed by atoms with E-state index < -0.39 is 5.97 Å². The molecule has 4 nitrogen and oxygen atoms in total. The van der Waals surface area contributed by atoms with Gasteiger partial charge in [0.05, 0.1) is 20.3 Å². The van der Waals surface area contributed by atoms with Gasteiger partial charge in [-0.1, -0.05) is 13.3 Å². The molecule has 0 N–H and O–H groups in total. The number of unbranched alkanes of at least 4 members (excludes halogenated alkanes) is 1. The zero-order valence-corrected chi connectivity index (χ0v) is 12.8. The van der Waals surface area contributed by atoms with E-state index in [0.29, 0.717) is 30.3 Å². The molecule has 0 saturated carbocycles. The summed E-state index contributed by atoms with van der Waals surface area (Å²) < 4.78 is 16.0. The molecular weight excluding hydrogens is 256 g/mol. The number of benzene rings is 1. The molecule has 1 rings (SSSR count). The molecule has 0 unspecified atom stereocenters. The third-order valence-corrected chi connectivity index (χ3v) is 2.94.